The van der Waals surface area contributed by atoms with Crippen LogP contribution in [0.3, 0.4) is 0 Å². The fourth-order valence-corrected chi connectivity index (χ4v) is 2.01. The summed E-state index contributed by atoms with van der Waals surface area (Å²) in [5.74, 6) is -0.126. The number of nitrogens with one attached hydrogen (secondary N) is 1. The highest BCUT2D eigenvalue weighted by Gasteiger charge is 2.08. The summed E-state index contributed by atoms with van der Waals surface area (Å²) in [6.45, 7) is 0.364. The SMILES string of the molecule is O=C(Nc1cc(OCc2ccccc2)ncn1)c1ccc(F)cc1. The standard InChI is InChI=1S/C18H14FN3O2/c19-15-8-6-14(7-9-15)18(23)22-16-10-17(21-12-20-16)24-11-13-4-2-1-3-5-13/h1-10,12H,11H2,(H,20,21,22,23). The second-order valence-corrected chi connectivity index (χ2v) is 4.98. The van der Waals surface area contributed by atoms with Gasteiger partial charge in [0.15, 0.2) is 0 Å². The highest BCUT2D eigenvalue weighted by molar-refractivity contribution is 6.03. The van der Waals surface area contributed by atoms with Crippen LogP contribution >= 0.6 is 0 Å². The van der Waals surface area contributed by atoms with Gasteiger partial charge in [0.2, 0.25) is 5.88 Å². The Morgan fingerprint density at radius 3 is 2.54 bits per heavy atom. The normalized spacial score (nSPS) is 10.2. The van der Waals surface area contributed by atoms with Gasteiger partial charge in [0, 0.05) is 11.6 Å². The first-order valence-corrected chi connectivity index (χ1v) is 7.26. The molecule has 0 aliphatic heterocycles. The zero-order valence-electron chi connectivity index (χ0n) is 12.6. The van der Waals surface area contributed by atoms with Gasteiger partial charge in [-0.15, -0.1) is 0 Å². The number of halogens is 1. The van der Waals surface area contributed by atoms with Crippen molar-refractivity contribution in [1.82, 2.24) is 9.97 Å². The van der Waals surface area contributed by atoms with Crippen molar-refractivity contribution in [3.8, 4) is 5.88 Å². The fourth-order valence-electron chi connectivity index (χ4n) is 2.01. The van der Waals surface area contributed by atoms with Gasteiger partial charge in [-0.2, -0.15) is 0 Å². The maximum atomic E-state index is 12.9. The first kappa shape index (κ1) is 15.6. The van der Waals surface area contributed by atoms with E-state index in [1.165, 1.54) is 36.7 Å². The van der Waals surface area contributed by atoms with Crippen molar-refractivity contribution in [2.45, 2.75) is 6.61 Å². The van der Waals surface area contributed by atoms with Gasteiger partial charge in [-0.3, -0.25) is 4.79 Å². The topological polar surface area (TPSA) is 64.1 Å². The van der Waals surface area contributed by atoms with Gasteiger partial charge in [-0.05, 0) is 29.8 Å². The maximum Gasteiger partial charge on any atom is 0.256 e. The summed E-state index contributed by atoms with van der Waals surface area (Å²) >= 11 is 0. The highest BCUT2D eigenvalue weighted by atomic mass is 19.1. The fraction of sp³-hybridized carbons (Fsp3) is 0.0556. The lowest BCUT2D eigenvalue weighted by Gasteiger charge is -2.08. The van der Waals surface area contributed by atoms with Crippen LogP contribution in [0.2, 0.25) is 0 Å². The summed E-state index contributed by atoms with van der Waals surface area (Å²) in [5.41, 5.74) is 1.34. The van der Waals surface area contributed by atoms with Crippen LogP contribution in [0, 0.1) is 5.82 Å². The summed E-state index contributed by atoms with van der Waals surface area (Å²) in [5, 5.41) is 2.62. The summed E-state index contributed by atoms with van der Waals surface area (Å²) in [6.07, 6.45) is 1.31. The minimum absolute atomic E-state index is 0.308. The van der Waals surface area contributed by atoms with Crippen molar-refractivity contribution in [1.29, 1.82) is 0 Å². The van der Waals surface area contributed by atoms with E-state index in [1.807, 2.05) is 30.3 Å². The lowest BCUT2D eigenvalue weighted by atomic mass is 10.2. The van der Waals surface area contributed by atoms with Crippen LogP contribution in [0.1, 0.15) is 15.9 Å². The predicted molar refractivity (Wildman–Crippen MR) is 87.2 cm³/mol. The van der Waals surface area contributed by atoms with Crippen LogP contribution in [-0.2, 0) is 6.61 Å². The molecule has 0 atom stereocenters. The average Bonchev–Trinajstić information content (AvgIpc) is 2.62. The third-order valence-electron chi connectivity index (χ3n) is 3.22. The molecule has 6 heteroatoms. The highest BCUT2D eigenvalue weighted by Crippen LogP contribution is 2.14. The minimum Gasteiger partial charge on any atom is -0.473 e. The molecule has 0 saturated carbocycles. The molecule has 0 aliphatic rings. The van der Waals surface area contributed by atoms with Crippen LogP contribution in [0.4, 0.5) is 10.2 Å². The van der Waals surface area contributed by atoms with Crippen molar-refractivity contribution >= 4 is 11.7 Å². The van der Waals surface area contributed by atoms with Crippen molar-refractivity contribution in [2.75, 3.05) is 5.32 Å². The molecule has 0 unspecified atom stereocenters. The molecule has 1 N–H and O–H groups in total. The molecule has 1 amide bonds. The van der Waals surface area contributed by atoms with E-state index in [0.29, 0.717) is 23.9 Å². The number of anilines is 1. The number of hydrogen-bond acceptors (Lipinski definition) is 4. The molecular weight excluding hydrogens is 309 g/mol. The van der Waals surface area contributed by atoms with Crippen LogP contribution in [0.5, 0.6) is 5.88 Å². The van der Waals surface area contributed by atoms with Crippen molar-refractivity contribution in [3.05, 3.63) is 83.9 Å². The van der Waals surface area contributed by atoms with Gasteiger partial charge in [-0.1, -0.05) is 30.3 Å². The number of amides is 1. The van der Waals surface area contributed by atoms with Crippen LogP contribution in [-0.4, -0.2) is 15.9 Å². The van der Waals surface area contributed by atoms with Gasteiger partial charge in [0.1, 0.15) is 24.6 Å². The molecule has 120 valence electrons. The largest absolute Gasteiger partial charge is 0.473 e. The number of rotatable bonds is 5. The Labute approximate surface area is 138 Å². The summed E-state index contributed by atoms with van der Waals surface area (Å²) in [7, 11) is 0. The van der Waals surface area contributed by atoms with E-state index in [2.05, 4.69) is 15.3 Å². The molecule has 0 saturated heterocycles. The van der Waals surface area contributed by atoms with Gasteiger partial charge in [-0.25, -0.2) is 14.4 Å². The number of aromatic nitrogens is 2. The Kier molecular flexibility index (Phi) is 4.76. The molecule has 3 rings (SSSR count). The monoisotopic (exact) mass is 323 g/mol. The molecule has 0 radical (unpaired) electrons. The second kappa shape index (κ2) is 7.32. The smallest absolute Gasteiger partial charge is 0.256 e. The number of nitrogens with zero attached hydrogens (tertiary/aromatic N) is 2. The zero-order valence-corrected chi connectivity index (χ0v) is 12.6. The molecule has 0 aliphatic carbocycles. The lowest BCUT2D eigenvalue weighted by Crippen LogP contribution is -2.13. The summed E-state index contributed by atoms with van der Waals surface area (Å²) in [6, 6.07) is 16.4. The third kappa shape index (κ3) is 4.13. The number of ether oxygens (including phenoxy) is 1. The Bertz CT molecular complexity index is 823. The van der Waals surface area contributed by atoms with Gasteiger partial charge < -0.3 is 10.1 Å². The van der Waals surface area contributed by atoms with E-state index in [9.17, 15) is 9.18 Å². The first-order chi connectivity index (χ1) is 11.7. The molecule has 0 fully saturated rings. The molecular formula is C18H14FN3O2. The van der Waals surface area contributed by atoms with Crippen LogP contribution < -0.4 is 10.1 Å². The Morgan fingerprint density at radius 2 is 1.79 bits per heavy atom. The molecule has 5 nitrogen and oxygen atoms in total. The van der Waals surface area contributed by atoms with Gasteiger partial charge in [0.25, 0.3) is 5.91 Å². The second-order valence-electron chi connectivity index (χ2n) is 4.98. The van der Waals surface area contributed by atoms with Crippen molar-refractivity contribution in [2.24, 2.45) is 0 Å². The van der Waals surface area contributed by atoms with Crippen molar-refractivity contribution in [3.63, 3.8) is 0 Å². The van der Waals surface area contributed by atoms with E-state index in [-0.39, 0.29) is 5.91 Å². The van der Waals surface area contributed by atoms with E-state index >= 15 is 0 Å². The van der Waals surface area contributed by atoms with E-state index in [1.54, 1.807) is 0 Å². The molecule has 0 spiro atoms. The van der Waals surface area contributed by atoms with Gasteiger partial charge in [0.05, 0.1) is 0 Å². The summed E-state index contributed by atoms with van der Waals surface area (Å²) in [4.78, 5) is 20.1. The summed E-state index contributed by atoms with van der Waals surface area (Å²) < 4.78 is 18.5. The molecule has 2 aromatic carbocycles. The number of carbonyl (C=O) groups is 1. The third-order valence-corrected chi connectivity index (χ3v) is 3.22. The quantitative estimate of drug-likeness (QED) is 0.781. The van der Waals surface area contributed by atoms with E-state index < -0.39 is 5.82 Å². The first-order valence-electron chi connectivity index (χ1n) is 7.26. The van der Waals surface area contributed by atoms with Crippen LogP contribution in [0.25, 0.3) is 0 Å². The minimum atomic E-state index is -0.398. The number of benzene rings is 2. The Hall–Kier alpha value is -3.28. The average molecular weight is 323 g/mol. The van der Waals surface area contributed by atoms with Crippen LogP contribution in [0.15, 0.2) is 67.0 Å². The predicted octanol–water partition coefficient (Wildman–Crippen LogP) is 3.45. The Morgan fingerprint density at radius 1 is 1.04 bits per heavy atom. The van der Waals surface area contributed by atoms with Gasteiger partial charge >= 0.3 is 0 Å². The number of carbonyl (C=O) groups excluding carboxylic acids is 1. The zero-order chi connectivity index (χ0) is 16.8. The van der Waals surface area contributed by atoms with Crippen molar-refractivity contribution < 1.29 is 13.9 Å². The number of hydrogen-bond donors (Lipinski definition) is 1. The Balaban J connectivity index is 1.64. The molecule has 1 heterocycles. The molecule has 3 aromatic rings. The molecule has 24 heavy (non-hydrogen) atoms. The molecule has 1 aromatic heterocycles. The van der Waals surface area contributed by atoms with E-state index in [4.69, 9.17) is 4.74 Å². The molecule has 0 bridgehead atoms. The van der Waals surface area contributed by atoms with E-state index in [0.717, 1.165) is 5.56 Å². The maximum absolute atomic E-state index is 12.9. The lowest BCUT2D eigenvalue weighted by molar-refractivity contribution is 0.102.